The molecule has 0 saturated carbocycles. The molecule has 3 rings (SSSR count). The third kappa shape index (κ3) is 4.63. The van der Waals surface area contributed by atoms with Crippen molar-refractivity contribution in [3.05, 3.63) is 83.4 Å². The van der Waals surface area contributed by atoms with Gasteiger partial charge in [-0.2, -0.15) is 5.10 Å². The average molecular weight is 344 g/mol. The molecule has 3 aromatic rings. The lowest BCUT2D eigenvalue weighted by molar-refractivity contribution is -0.121. The van der Waals surface area contributed by atoms with Gasteiger partial charge in [-0.1, -0.05) is 66.7 Å². The van der Waals surface area contributed by atoms with Crippen LogP contribution >= 0.6 is 0 Å². The van der Waals surface area contributed by atoms with E-state index < -0.39 is 0 Å². The summed E-state index contributed by atoms with van der Waals surface area (Å²) < 4.78 is 0. The van der Waals surface area contributed by atoms with Crippen LogP contribution in [0.25, 0.3) is 10.8 Å². The van der Waals surface area contributed by atoms with Gasteiger partial charge in [0.1, 0.15) is 0 Å². The lowest BCUT2D eigenvalue weighted by atomic mass is 10.0. The van der Waals surface area contributed by atoms with E-state index in [1.165, 1.54) is 17.7 Å². The van der Waals surface area contributed by atoms with E-state index >= 15 is 0 Å². The van der Waals surface area contributed by atoms with Crippen LogP contribution in [0, 0.1) is 0 Å². The number of benzene rings is 3. The number of nitrogens with one attached hydrogen (secondary N) is 1. The minimum atomic E-state index is -0.130. The number of carbonyl (C=O) groups is 2. The Kier molecular flexibility index (Phi) is 5.54. The van der Waals surface area contributed by atoms with Gasteiger partial charge in [0.05, 0.1) is 6.21 Å². The van der Waals surface area contributed by atoms with E-state index in [2.05, 4.69) is 40.9 Å². The van der Waals surface area contributed by atoms with Gasteiger partial charge in [-0.3, -0.25) is 9.59 Å². The van der Waals surface area contributed by atoms with Crippen molar-refractivity contribution in [1.29, 1.82) is 0 Å². The highest BCUT2D eigenvalue weighted by molar-refractivity contribution is 5.95. The summed E-state index contributed by atoms with van der Waals surface area (Å²) in [6, 6.07) is 21.5. The summed E-state index contributed by atoms with van der Waals surface area (Å²) in [7, 11) is 0. The number of hydrogen-bond donors (Lipinski definition) is 1. The largest absolute Gasteiger partial charge is 0.295 e. The first kappa shape index (κ1) is 17.5. The van der Waals surface area contributed by atoms with Gasteiger partial charge in [0.15, 0.2) is 5.78 Å². The molecule has 1 N–H and O–H groups in total. The molecule has 0 aliphatic carbocycles. The molecule has 0 atom stereocenters. The van der Waals surface area contributed by atoms with Gasteiger partial charge in [0.25, 0.3) is 0 Å². The summed E-state index contributed by atoms with van der Waals surface area (Å²) in [6.45, 7) is 1.53. The van der Waals surface area contributed by atoms with Crippen molar-refractivity contribution in [3.63, 3.8) is 0 Å². The SMILES string of the molecule is CC(=O)c1ccc(/C=N/NC(=O)CCc2ccc3ccccc3c2)cc1. The Bertz CT molecular complexity index is 959. The highest BCUT2D eigenvalue weighted by Crippen LogP contribution is 2.16. The number of amides is 1. The van der Waals surface area contributed by atoms with Crippen LogP contribution < -0.4 is 5.43 Å². The quantitative estimate of drug-likeness (QED) is 0.415. The maximum absolute atomic E-state index is 11.9. The maximum atomic E-state index is 11.9. The van der Waals surface area contributed by atoms with Crippen LogP contribution in [0.5, 0.6) is 0 Å². The molecule has 0 spiro atoms. The first-order chi connectivity index (χ1) is 12.6. The second-order valence-corrected chi connectivity index (χ2v) is 6.15. The molecular weight excluding hydrogens is 324 g/mol. The lowest BCUT2D eigenvalue weighted by Gasteiger charge is -2.03. The van der Waals surface area contributed by atoms with Crippen LogP contribution in [-0.4, -0.2) is 17.9 Å². The summed E-state index contributed by atoms with van der Waals surface area (Å²) in [5, 5.41) is 6.34. The number of rotatable bonds is 6. The molecule has 3 aromatic carbocycles. The minimum absolute atomic E-state index is 0.0236. The number of hydrazone groups is 1. The van der Waals surface area contributed by atoms with Crippen LogP contribution in [-0.2, 0) is 11.2 Å². The monoisotopic (exact) mass is 344 g/mol. The van der Waals surface area contributed by atoms with Gasteiger partial charge in [-0.15, -0.1) is 0 Å². The number of hydrogen-bond acceptors (Lipinski definition) is 3. The second kappa shape index (κ2) is 8.21. The molecule has 0 radical (unpaired) electrons. The summed E-state index contributed by atoms with van der Waals surface area (Å²) in [5.41, 5.74) is 5.15. The number of ketones is 1. The van der Waals surface area contributed by atoms with E-state index in [9.17, 15) is 9.59 Å². The molecule has 0 heterocycles. The summed E-state index contributed by atoms with van der Waals surface area (Å²) in [4.78, 5) is 23.2. The van der Waals surface area contributed by atoms with E-state index in [1.807, 2.05) is 12.1 Å². The van der Waals surface area contributed by atoms with Gasteiger partial charge < -0.3 is 0 Å². The fraction of sp³-hybridized carbons (Fsp3) is 0.136. The number of Topliss-reactive ketones (excluding diaryl/α,β-unsaturated/α-hetero) is 1. The molecule has 0 aliphatic rings. The Morgan fingerprint density at radius 2 is 1.69 bits per heavy atom. The Morgan fingerprint density at radius 3 is 2.42 bits per heavy atom. The Labute approximate surface area is 152 Å². The Balaban J connectivity index is 1.51. The third-order valence-corrected chi connectivity index (χ3v) is 4.17. The van der Waals surface area contributed by atoms with Crippen molar-refractivity contribution in [2.75, 3.05) is 0 Å². The van der Waals surface area contributed by atoms with Crippen molar-refractivity contribution in [2.24, 2.45) is 5.10 Å². The zero-order chi connectivity index (χ0) is 18.4. The van der Waals surface area contributed by atoms with Gasteiger partial charge in [0, 0.05) is 12.0 Å². The van der Waals surface area contributed by atoms with Crippen molar-refractivity contribution in [2.45, 2.75) is 19.8 Å². The fourth-order valence-electron chi connectivity index (χ4n) is 2.69. The molecule has 26 heavy (non-hydrogen) atoms. The fourth-order valence-corrected chi connectivity index (χ4v) is 2.69. The van der Waals surface area contributed by atoms with Gasteiger partial charge in [0.2, 0.25) is 5.91 Å². The predicted octanol–water partition coefficient (Wildman–Crippen LogP) is 4.13. The first-order valence-corrected chi connectivity index (χ1v) is 8.52. The number of fused-ring (bicyclic) bond motifs is 1. The Morgan fingerprint density at radius 1 is 0.962 bits per heavy atom. The van der Waals surface area contributed by atoms with E-state index in [1.54, 1.807) is 30.5 Å². The van der Waals surface area contributed by atoms with Crippen LogP contribution in [0.15, 0.2) is 71.8 Å². The van der Waals surface area contributed by atoms with Gasteiger partial charge in [-0.05, 0) is 35.2 Å². The van der Waals surface area contributed by atoms with Gasteiger partial charge in [-0.25, -0.2) is 5.43 Å². The highest BCUT2D eigenvalue weighted by atomic mass is 16.2. The van der Waals surface area contributed by atoms with Crippen molar-refractivity contribution in [1.82, 2.24) is 5.43 Å². The molecule has 0 fully saturated rings. The molecule has 0 saturated heterocycles. The molecule has 4 heteroatoms. The molecular formula is C22H20N2O2. The highest BCUT2D eigenvalue weighted by Gasteiger charge is 2.02. The molecule has 0 unspecified atom stereocenters. The zero-order valence-electron chi connectivity index (χ0n) is 14.6. The van der Waals surface area contributed by atoms with Crippen molar-refractivity contribution < 1.29 is 9.59 Å². The molecule has 0 aliphatic heterocycles. The van der Waals surface area contributed by atoms with Crippen LogP contribution in [0.1, 0.15) is 34.8 Å². The normalized spacial score (nSPS) is 11.0. The standard InChI is InChI=1S/C22H20N2O2/c1-16(25)19-10-7-18(8-11-19)15-23-24-22(26)13-9-17-6-12-20-4-2-3-5-21(20)14-17/h2-8,10-12,14-15H,9,13H2,1H3,(H,24,26)/b23-15+. The van der Waals surface area contributed by atoms with E-state index in [-0.39, 0.29) is 11.7 Å². The predicted molar refractivity (Wildman–Crippen MR) is 104 cm³/mol. The summed E-state index contributed by atoms with van der Waals surface area (Å²) in [5.74, 6) is -0.106. The molecule has 130 valence electrons. The number of carbonyl (C=O) groups excluding carboxylic acids is 2. The zero-order valence-corrected chi connectivity index (χ0v) is 14.6. The van der Waals surface area contributed by atoms with Crippen molar-refractivity contribution >= 4 is 28.7 Å². The Hall–Kier alpha value is -3.27. The van der Waals surface area contributed by atoms with Gasteiger partial charge >= 0.3 is 0 Å². The van der Waals surface area contributed by atoms with Crippen LogP contribution in [0.4, 0.5) is 0 Å². The topological polar surface area (TPSA) is 58.5 Å². The van der Waals surface area contributed by atoms with Crippen LogP contribution in [0.2, 0.25) is 0 Å². The van der Waals surface area contributed by atoms with Crippen LogP contribution in [0.3, 0.4) is 0 Å². The molecule has 1 amide bonds. The lowest BCUT2D eigenvalue weighted by Crippen LogP contribution is -2.17. The molecule has 0 aromatic heterocycles. The minimum Gasteiger partial charge on any atom is -0.295 e. The maximum Gasteiger partial charge on any atom is 0.240 e. The first-order valence-electron chi connectivity index (χ1n) is 8.52. The molecule has 0 bridgehead atoms. The number of aryl methyl sites for hydroxylation is 1. The summed E-state index contributed by atoms with van der Waals surface area (Å²) >= 11 is 0. The molecule has 4 nitrogen and oxygen atoms in total. The van der Waals surface area contributed by atoms with Crippen molar-refractivity contribution in [3.8, 4) is 0 Å². The van der Waals surface area contributed by atoms with E-state index in [0.29, 0.717) is 18.4 Å². The van der Waals surface area contributed by atoms with E-state index in [0.717, 1.165) is 11.1 Å². The smallest absolute Gasteiger partial charge is 0.240 e. The second-order valence-electron chi connectivity index (χ2n) is 6.15. The average Bonchev–Trinajstić information content (AvgIpc) is 2.66. The number of nitrogens with zero attached hydrogens (tertiary/aromatic N) is 1. The van der Waals surface area contributed by atoms with E-state index in [4.69, 9.17) is 0 Å². The summed E-state index contributed by atoms with van der Waals surface area (Å²) in [6.07, 6.45) is 2.61. The third-order valence-electron chi connectivity index (χ3n) is 4.17.